The minimum atomic E-state index is -0.0646. The summed E-state index contributed by atoms with van der Waals surface area (Å²) in [5.41, 5.74) is 1.35. The van der Waals surface area contributed by atoms with E-state index in [1.807, 2.05) is 6.92 Å². The van der Waals surface area contributed by atoms with E-state index in [2.05, 4.69) is 13.5 Å². The Balaban J connectivity index is 2.57. The molecule has 1 aliphatic carbocycles. The number of carbonyl (C=O) groups excluding carboxylic acids is 1. The number of hydrogen-bond donors (Lipinski definition) is 0. The predicted octanol–water partition coefficient (Wildman–Crippen LogP) is 3.96. The Morgan fingerprint density at radius 3 is 2.82 bits per heavy atom. The molecule has 0 bridgehead atoms. The van der Waals surface area contributed by atoms with Crippen LogP contribution < -0.4 is 0 Å². The third kappa shape index (κ3) is 3.58. The molecule has 0 radical (unpaired) electrons. The monoisotopic (exact) mass is 238 g/mol. The lowest BCUT2D eigenvalue weighted by molar-refractivity contribution is -0.147. The van der Waals surface area contributed by atoms with Crippen molar-refractivity contribution < 1.29 is 9.53 Å². The normalized spacial score (nSPS) is 25.9. The topological polar surface area (TPSA) is 26.3 Å². The van der Waals surface area contributed by atoms with E-state index in [9.17, 15) is 4.79 Å². The highest BCUT2D eigenvalue weighted by Crippen LogP contribution is 2.43. The van der Waals surface area contributed by atoms with Gasteiger partial charge in [0.1, 0.15) is 0 Å². The smallest absolute Gasteiger partial charge is 0.308 e. The van der Waals surface area contributed by atoms with Crippen molar-refractivity contribution in [2.45, 2.75) is 52.4 Å². The highest BCUT2D eigenvalue weighted by molar-refractivity contribution is 5.72. The Labute approximate surface area is 105 Å². The summed E-state index contributed by atoms with van der Waals surface area (Å²) in [6.45, 7) is 8.40. The molecule has 2 nitrogen and oxygen atoms in total. The fourth-order valence-electron chi connectivity index (χ4n) is 3.03. The maximum Gasteiger partial charge on any atom is 0.308 e. The van der Waals surface area contributed by atoms with Crippen molar-refractivity contribution in [3.63, 3.8) is 0 Å². The van der Waals surface area contributed by atoms with Gasteiger partial charge in [0, 0.05) is 0 Å². The van der Waals surface area contributed by atoms with Gasteiger partial charge in [-0.2, -0.15) is 0 Å². The minimum absolute atomic E-state index is 0.0193. The number of ether oxygens (including phenoxy) is 1. The Morgan fingerprint density at radius 2 is 2.24 bits per heavy atom. The number of unbranched alkanes of at least 4 members (excludes halogenated alkanes) is 2. The Kier molecular flexibility index (Phi) is 5.73. The van der Waals surface area contributed by atoms with E-state index in [0.717, 1.165) is 12.8 Å². The van der Waals surface area contributed by atoms with Gasteiger partial charge < -0.3 is 4.74 Å². The molecule has 2 heteroatoms. The fourth-order valence-corrected chi connectivity index (χ4v) is 3.03. The van der Waals surface area contributed by atoms with Gasteiger partial charge in [0.15, 0.2) is 0 Å². The van der Waals surface area contributed by atoms with Crippen molar-refractivity contribution in [3.05, 3.63) is 12.2 Å². The van der Waals surface area contributed by atoms with Crippen molar-refractivity contribution >= 4 is 5.97 Å². The maximum absolute atomic E-state index is 11.6. The molecule has 0 aromatic rings. The van der Waals surface area contributed by atoms with Crippen LogP contribution in [0.15, 0.2) is 12.2 Å². The van der Waals surface area contributed by atoms with Gasteiger partial charge >= 0.3 is 5.97 Å². The van der Waals surface area contributed by atoms with Gasteiger partial charge in [-0.25, -0.2) is 0 Å². The molecule has 0 aromatic carbocycles. The first-order valence-electron chi connectivity index (χ1n) is 6.87. The molecule has 0 amide bonds. The van der Waals surface area contributed by atoms with Crippen molar-refractivity contribution in [2.24, 2.45) is 17.8 Å². The number of esters is 1. The molecule has 3 atom stereocenters. The second-order valence-corrected chi connectivity index (χ2v) is 5.27. The largest absolute Gasteiger partial charge is 0.469 e. The van der Waals surface area contributed by atoms with Crippen LogP contribution in [-0.4, -0.2) is 13.1 Å². The van der Waals surface area contributed by atoms with Crippen LogP contribution in [0, 0.1) is 17.8 Å². The lowest BCUT2D eigenvalue weighted by atomic mass is 9.81. The van der Waals surface area contributed by atoms with Crippen LogP contribution in [0.4, 0.5) is 0 Å². The van der Waals surface area contributed by atoms with Crippen LogP contribution in [0.2, 0.25) is 0 Å². The molecule has 1 aliphatic rings. The summed E-state index contributed by atoms with van der Waals surface area (Å²) in [4.78, 5) is 11.6. The molecule has 98 valence electrons. The van der Waals surface area contributed by atoms with Gasteiger partial charge in [0.25, 0.3) is 0 Å². The van der Waals surface area contributed by atoms with E-state index in [4.69, 9.17) is 4.74 Å². The van der Waals surface area contributed by atoms with Crippen molar-refractivity contribution in [1.29, 1.82) is 0 Å². The fraction of sp³-hybridized carbons (Fsp3) is 0.800. The van der Waals surface area contributed by atoms with Gasteiger partial charge in [0.05, 0.1) is 13.0 Å². The van der Waals surface area contributed by atoms with Gasteiger partial charge in [-0.15, -0.1) is 0 Å². The number of hydrogen-bond acceptors (Lipinski definition) is 2. The molecule has 1 fully saturated rings. The zero-order valence-electron chi connectivity index (χ0n) is 11.5. The summed E-state index contributed by atoms with van der Waals surface area (Å²) < 4.78 is 4.87. The van der Waals surface area contributed by atoms with E-state index in [-0.39, 0.29) is 11.9 Å². The van der Waals surface area contributed by atoms with Gasteiger partial charge in [-0.3, -0.25) is 4.79 Å². The predicted molar refractivity (Wildman–Crippen MR) is 70.7 cm³/mol. The number of allylic oxidation sites excluding steroid dienone is 1. The summed E-state index contributed by atoms with van der Waals surface area (Å²) in [5.74, 6) is 0.943. The Bertz CT molecular complexity index is 270. The Morgan fingerprint density at radius 1 is 1.53 bits per heavy atom. The lowest BCUT2D eigenvalue weighted by Crippen LogP contribution is -2.25. The van der Waals surface area contributed by atoms with E-state index in [1.165, 1.54) is 38.4 Å². The molecule has 3 unspecified atom stereocenters. The molecular weight excluding hydrogens is 212 g/mol. The number of carbonyl (C=O) groups is 1. The minimum Gasteiger partial charge on any atom is -0.469 e. The molecule has 0 spiro atoms. The van der Waals surface area contributed by atoms with Gasteiger partial charge in [-0.1, -0.05) is 45.3 Å². The highest BCUT2D eigenvalue weighted by Gasteiger charge is 2.36. The summed E-state index contributed by atoms with van der Waals surface area (Å²) in [6.07, 6.45) is 7.16. The summed E-state index contributed by atoms with van der Waals surface area (Å²) >= 11 is 0. The second kappa shape index (κ2) is 6.83. The molecule has 1 rings (SSSR count). The van der Waals surface area contributed by atoms with Crippen molar-refractivity contribution in [2.75, 3.05) is 7.11 Å². The van der Waals surface area contributed by atoms with Crippen LogP contribution in [0.3, 0.4) is 0 Å². The third-order valence-corrected chi connectivity index (χ3v) is 4.17. The summed E-state index contributed by atoms with van der Waals surface area (Å²) in [5, 5.41) is 0. The molecule has 1 saturated carbocycles. The van der Waals surface area contributed by atoms with E-state index < -0.39 is 0 Å². The maximum atomic E-state index is 11.6. The summed E-state index contributed by atoms with van der Waals surface area (Å²) in [6, 6.07) is 0. The molecule has 0 N–H and O–H groups in total. The van der Waals surface area contributed by atoms with Crippen molar-refractivity contribution in [1.82, 2.24) is 0 Å². The molecule has 0 aromatic heterocycles. The number of methoxy groups -OCH3 is 1. The van der Waals surface area contributed by atoms with E-state index >= 15 is 0 Å². The van der Waals surface area contributed by atoms with Gasteiger partial charge in [0.2, 0.25) is 0 Å². The molecule has 0 saturated heterocycles. The molecular formula is C15H26O2. The molecule has 0 heterocycles. The standard InChI is InChI=1S/C15H26O2/c1-5-6-7-8-13-11(2)9-10-14(13)12(3)15(16)17-4/h12-14H,2,5-10H2,1,3-4H3. The Hall–Kier alpha value is -0.790. The van der Waals surface area contributed by atoms with E-state index in [1.54, 1.807) is 0 Å². The third-order valence-electron chi connectivity index (χ3n) is 4.17. The SMILES string of the molecule is C=C1CCC(C(C)C(=O)OC)C1CCCCC. The van der Waals surface area contributed by atoms with E-state index in [0.29, 0.717) is 11.8 Å². The van der Waals surface area contributed by atoms with Crippen LogP contribution in [-0.2, 0) is 9.53 Å². The average Bonchev–Trinajstić information content (AvgIpc) is 2.69. The molecule has 0 aliphatic heterocycles. The van der Waals surface area contributed by atoms with Crippen LogP contribution in [0.1, 0.15) is 52.4 Å². The van der Waals surface area contributed by atoms with Crippen LogP contribution in [0.5, 0.6) is 0 Å². The quantitative estimate of drug-likeness (QED) is 0.398. The zero-order chi connectivity index (χ0) is 12.8. The summed E-state index contributed by atoms with van der Waals surface area (Å²) in [7, 11) is 1.48. The lowest BCUT2D eigenvalue weighted by Gasteiger charge is -2.24. The first kappa shape index (κ1) is 14.3. The zero-order valence-corrected chi connectivity index (χ0v) is 11.5. The second-order valence-electron chi connectivity index (χ2n) is 5.27. The first-order chi connectivity index (χ1) is 8.11. The molecule has 17 heavy (non-hydrogen) atoms. The average molecular weight is 238 g/mol. The van der Waals surface area contributed by atoms with Gasteiger partial charge in [-0.05, 0) is 31.1 Å². The van der Waals surface area contributed by atoms with Crippen molar-refractivity contribution in [3.8, 4) is 0 Å². The number of rotatable bonds is 6. The van der Waals surface area contributed by atoms with Crippen LogP contribution >= 0.6 is 0 Å². The van der Waals surface area contributed by atoms with Crippen LogP contribution in [0.25, 0.3) is 0 Å². The highest BCUT2D eigenvalue weighted by atomic mass is 16.5. The first-order valence-corrected chi connectivity index (χ1v) is 6.87.